The Balaban J connectivity index is 2.31. The third-order valence-electron chi connectivity index (χ3n) is 2.85. The van der Waals surface area contributed by atoms with Crippen LogP contribution >= 0.6 is 0 Å². The van der Waals surface area contributed by atoms with Crippen molar-refractivity contribution in [1.82, 2.24) is 0 Å². The minimum atomic E-state index is -0.748. The zero-order chi connectivity index (χ0) is 14.0. The summed E-state index contributed by atoms with van der Waals surface area (Å²) in [5, 5.41) is 12.1. The highest BCUT2D eigenvalue weighted by molar-refractivity contribution is 6.06. The Kier molecular flexibility index (Phi) is 3.51. The molecule has 19 heavy (non-hydrogen) atoms. The minimum absolute atomic E-state index is 0.345. The average Bonchev–Trinajstić information content (AvgIpc) is 2.32. The summed E-state index contributed by atoms with van der Waals surface area (Å²) < 4.78 is 13.5. The van der Waals surface area contributed by atoms with E-state index in [1.165, 1.54) is 12.1 Å². The molecular formula is C15H14FNO2. The first-order valence-electron chi connectivity index (χ1n) is 5.85. The van der Waals surface area contributed by atoms with E-state index in [9.17, 15) is 14.3 Å². The third-order valence-corrected chi connectivity index (χ3v) is 2.85. The smallest absolute Gasteiger partial charge is 0.262 e. The van der Waals surface area contributed by atoms with Crippen molar-refractivity contribution in [2.24, 2.45) is 0 Å². The van der Waals surface area contributed by atoms with Crippen LogP contribution < -0.4 is 5.32 Å². The van der Waals surface area contributed by atoms with Gasteiger partial charge in [-0.25, -0.2) is 4.39 Å². The number of nitrogens with one attached hydrogen (secondary N) is 1. The van der Waals surface area contributed by atoms with Gasteiger partial charge in [0.25, 0.3) is 5.91 Å². The molecule has 0 aliphatic carbocycles. The maximum Gasteiger partial charge on any atom is 0.262 e. The summed E-state index contributed by atoms with van der Waals surface area (Å²) in [6.07, 6.45) is 0. The Morgan fingerprint density at radius 1 is 1.21 bits per heavy atom. The van der Waals surface area contributed by atoms with Crippen LogP contribution in [0.3, 0.4) is 0 Å². The summed E-state index contributed by atoms with van der Waals surface area (Å²) in [7, 11) is 0. The highest BCUT2D eigenvalue weighted by Gasteiger charge is 2.17. The first-order valence-corrected chi connectivity index (χ1v) is 5.85. The molecule has 2 aromatic rings. The summed E-state index contributed by atoms with van der Waals surface area (Å²) in [5.41, 5.74) is 2.20. The topological polar surface area (TPSA) is 49.3 Å². The maximum atomic E-state index is 13.5. The average molecular weight is 259 g/mol. The molecule has 0 heterocycles. The van der Waals surface area contributed by atoms with Crippen molar-refractivity contribution in [1.29, 1.82) is 0 Å². The lowest BCUT2D eigenvalue weighted by Gasteiger charge is -2.10. The number of benzene rings is 2. The van der Waals surface area contributed by atoms with Gasteiger partial charge in [0, 0.05) is 5.69 Å². The van der Waals surface area contributed by atoms with Crippen LogP contribution in [0.1, 0.15) is 21.5 Å². The van der Waals surface area contributed by atoms with E-state index in [1.54, 1.807) is 6.07 Å². The number of phenolic OH excluding ortho intramolecular Hbond substituents is 1. The van der Waals surface area contributed by atoms with Gasteiger partial charge >= 0.3 is 0 Å². The van der Waals surface area contributed by atoms with E-state index in [1.807, 2.05) is 26.0 Å². The second kappa shape index (κ2) is 5.10. The number of rotatable bonds is 2. The second-order valence-electron chi connectivity index (χ2n) is 4.41. The fourth-order valence-electron chi connectivity index (χ4n) is 1.88. The Hall–Kier alpha value is -2.36. The summed E-state index contributed by atoms with van der Waals surface area (Å²) >= 11 is 0. The van der Waals surface area contributed by atoms with Gasteiger partial charge in [-0.2, -0.15) is 0 Å². The van der Waals surface area contributed by atoms with Crippen molar-refractivity contribution in [2.45, 2.75) is 13.8 Å². The first-order chi connectivity index (χ1) is 8.99. The lowest BCUT2D eigenvalue weighted by atomic mass is 10.1. The largest absolute Gasteiger partial charge is 0.507 e. The molecule has 3 nitrogen and oxygen atoms in total. The molecule has 0 spiro atoms. The number of aromatic hydroxyl groups is 1. The number of anilines is 1. The molecule has 1 amide bonds. The number of carbonyl (C=O) groups is 1. The van der Waals surface area contributed by atoms with Gasteiger partial charge < -0.3 is 10.4 Å². The van der Waals surface area contributed by atoms with Crippen LogP contribution in [0.15, 0.2) is 36.4 Å². The number of hydrogen-bond acceptors (Lipinski definition) is 2. The SMILES string of the molecule is Cc1ccc(NC(=O)c2c(O)cccc2F)c(C)c1. The highest BCUT2D eigenvalue weighted by Crippen LogP contribution is 2.23. The van der Waals surface area contributed by atoms with Crippen molar-refractivity contribution >= 4 is 11.6 Å². The van der Waals surface area contributed by atoms with E-state index in [-0.39, 0.29) is 11.3 Å². The quantitative estimate of drug-likeness (QED) is 0.868. The van der Waals surface area contributed by atoms with E-state index < -0.39 is 11.7 Å². The number of amides is 1. The minimum Gasteiger partial charge on any atom is -0.507 e. The number of aryl methyl sites for hydroxylation is 2. The van der Waals surface area contributed by atoms with Gasteiger partial charge in [0.2, 0.25) is 0 Å². The summed E-state index contributed by atoms with van der Waals surface area (Å²) in [6, 6.07) is 9.27. The van der Waals surface area contributed by atoms with Gasteiger partial charge in [0.15, 0.2) is 0 Å². The number of hydrogen-bond donors (Lipinski definition) is 2. The molecule has 0 aliphatic rings. The van der Waals surface area contributed by atoms with Crippen LogP contribution in [0.5, 0.6) is 5.75 Å². The van der Waals surface area contributed by atoms with Crippen LogP contribution in [0.2, 0.25) is 0 Å². The lowest BCUT2D eigenvalue weighted by molar-refractivity contribution is 0.102. The molecule has 0 aromatic heterocycles. The summed E-state index contributed by atoms with van der Waals surface area (Å²) in [5.74, 6) is -1.79. The molecule has 2 N–H and O–H groups in total. The second-order valence-corrected chi connectivity index (χ2v) is 4.41. The fraction of sp³-hybridized carbons (Fsp3) is 0.133. The Morgan fingerprint density at radius 3 is 2.58 bits per heavy atom. The summed E-state index contributed by atoms with van der Waals surface area (Å²) in [6.45, 7) is 3.80. The summed E-state index contributed by atoms with van der Waals surface area (Å²) in [4.78, 5) is 12.0. The van der Waals surface area contributed by atoms with Crippen LogP contribution in [-0.2, 0) is 0 Å². The predicted octanol–water partition coefficient (Wildman–Crippen LogP) is 3.40. The number of phenols is 1. The molecule has 4 heteroatoms. The standard InChI is InChI=1S/C15H14FNO2/c1-9-6-7-12(10(2)8-9)17-15(19)14-11(16)4-3-5-13(14)18/h3-8,18H,1-2H3,(H,17,19). The van der Waals surface area contributed by atoms with Gasteiger partial charge in [-0.1, -0.05) is 23.8 Å². The predicted molar refractivity (Wildman–Crippen MR) is 71.9 cm³/mol. The molecule has 2 aromatic carbocycles. The molecule has 0 saturated heterocycles. The van der Waals surface area contributed by atoms with Gasteiger partial charge in [0.1, 0.15) is 17.1 Å². The van der Waals surface area contributed by atoms with Crippen LogP contribution in [-0.4, -0.2) is 11.0 Å². The van der Waals surface area contributed by atoms with Crippen molar-refractivity contribution in [2.75, 3.05) is 5.32 Å². The molecule has 0 unspecified atom stereocenters. The lowest BCUT2D eigenvalue weighted by Crippen LogP contribution is -2.14. The Morgan fingerprint density at radius 2 is 1.95 bits per heavy atom. The fourth-order valence-corrected chi connectivity index (χ4v) is 1.88. The number of halogens is 1. The molecule has 2 rings (SSSR count). The van der Waals surface area contributed by atoms with Gasteiger partial charge in [0.05, 0.1) is 0 Å². The van der Waals surface area contributed by atoms with Crippen LogP contribution in [0.4, 0.5) is 10.1 Å². The van der Waals surface area contributed by atoms with Crippen molar-refractivity contribution < 1.29 is 14.3 Å². The molecule has 0 aliphatic heterocycles. The maximum absolute atomic E-state index is 13.5. The number of carbonyl (C=O) groups excluding carboxylic acids is 1. The van der Waals surface area contributed by atoms with Gasteiger partial charge in [-0.05, 0) is 37.6 Å². The molecule has 0 atom stereocenters. The first kappa shape index (κ1) is 13.1. The molecular weight excluding hydrogens is 245 g/mol. The molecule has 0 bridgehead atoms. The van der Waals surface area contributed by atoms with E-state index >= 15 is 0 Å². The van der Waals surface area contributed by atoms with Crippen molar-refractivity contribution in [3.63, 3.8) is 0 Å². The van der Waals surface area contributed by atoms with E-state index in [0.29, 0.717) is 5.69 Å². The molecule has 0 fully saturated rings. The Labute approximate surface area is 110 Å². The van der Waals surface area contributed by atoms with E-state index in [0.717, 1.165) is 17.2 Å². The normalized spacial score (nSPS) is 10.3. The third kappa shape index (κ3) is 2.73. The zero-order valence-corrected chi connectivity index (χ0v) is 10.7. The van der Waals surface area contributed by atoms with Crippen molar-refractivity contribution in [3.05, 3.63) is 58.9 Å². The van der Waals surface area contributed by atoms with Gasteiger partial charge in [-0.3, -0.25) is 4.79 Å². The van der Waals surface area contributed by atoms with Crippen LogP contribution in [0, 0.1) is 19.7 Å². The Bertz CT molecular complexity index is 618. The van der Waals surface area contributed by atoms with Gasteiger partial charge in [-0.15, -0.1) is 0 Å². The van der Waals surface area contributed by atoms with E-state index in [4.69, 9.17) is 0 Å². The van der Waals surface area contributed by atoms with Crippen molar-refractivity contribution in [3.8, 4) is 5.75 Å². The molecule has 0 radical (unpaired) electrons. The van der Waals surface area contributed by atoms with E-state index in [2.05, 4.69) is 5.32 Å². The monoisotopic (exact) mass is 259 g/mol. The zero-order valence-electron chi connectivity index (χ0n) is 10.7. The molecule has 98 valence electrons. The highest BCUT2D eigenvalue weighted by atomic mass is 19.1. The molecule has 0 saturated carbocycles. The van der Waals surface area contributed by atoms with Crippen LogP contribution in [0.25, 0.3) is 0 Å².